The monoisotopic (exact) mass is 314 g/mol. The summed E-state index contributed by atoms with van der Waals surface area (Å²) in [5.74, 6) is -1.97. The summed E-state index contributed by atoms with van der Waals surface area (Å²) in [6.45, 7) is 3.85. The molecule has 2 rings (SSSR count). The van der Waals surface area contributed by atoms with E-state index in [1.165, 1.54) is 0 Å². The molecule has 2 aromatic rings. The number of hydrogen-bond donors (Lipinski definition) is 2. The van der Waals surface area contributed by atoms with Crippen LogP contribution in [-0.2, 0) is 12.8 Å². The Morgan fingerprint density at radius 2 is 1.22 bits per heavy atom. The summed E-state index contributed by atoms with van der Waals surface area (Å²) in [7, 11) is 0. The Morgan fingerprint density at radius 3 is 1.52 bits per heavy atom. The molecule has 5 nitrogen and oxygen atoms in total. The maximum atomic E-state index is 11.4. The molecule has 0 atom stereocenters. The zero-order chi connectivity index (χ0) is 17.0. The van der Waals surface area contributed by atoms with Crippen molar-refractivity contribution in [2.45, 2.75) is 26.7 Å². The van der Waals surface area contributed by atoms with Crippen molar-refractivity contribution < 1.29 is 24.5 Å². The maximum Gasteiger partial charge on any atom is 0.339 e. The Hall–Kier alpha value is -2.82. The minimum atomic E-state index is -1.11. The number of ether oxygens (including phenoxy) is 1. The molecule has 0 saturated carbocycles. The first-order valence-electron chi connectivity index (χ1n) is 7.36. The molecule has 0 saturated heterocycles. The number of hydrogen-bond acceptors (Lipinski definition) is 3. The molecule has 2 aromatic carbocycles. The Labute approximate surface area is 134 Å². The summed E-state index contributed by atoms with van der Waals surface area (Å²) in [5.41, 5.74) is 1.77. The van der Waals surface area contributed by atoms with Gasteiger partial charge in [0.1, 0.15) is 22.6 Å². The Morgan fingerprint density at radius 1 is 0.826 bits per heavy atom. The van der Waals surface area contributed by atoms with Crippen LogP contribution in [0.25, 0.3) is 0 Å². The number of carboxylic acids is 2. The summed E-state index contributed by atoms with van der Waals surface area (Å²) >= 11 is 0. The van der Waals surface area contributed by atoms with Gasteiger partial charge in [-0.15, -0.1) is 0 Å². The van der Waals surface area contributed by atoms with Crippen LogP contribution in [0, 0.1) is 0 Å². The molecular weight excluding hydrogens is 296 g/mol. The Balaban J connectivity index is 2.47. The molecule has 0 heterocycles. The van der Waals surface area contributed by atoms with E-state index in [9.17, 15) is 19.8 Å². The molecule has 0 bridgehead atoms. The molecule has 0 unspecified atom stereocenters. The van der Waals surface area contributed by atoms with E-state index in [1.54, 1.807) is 36.4 Å². The SMILES string of the molecule is CCc1ccc(Oc2ccc(CC)cc2C(=O)O)c(C(=O)O)c1. The molecule has 0 radical (unpaired) electrons. The largest absolute Gasteiger partial charge is 0.478 e. The molecule has 5 heteroatoms. The second kappa shape index (κ2) is 6.96. The standard InChI is InChI=1S/C18H18O5/c1-3-11-5-7-15(13(9-11)17(19)20)23-16-8-6-12(4-2)10-14(16)18(21)22/h5-10H,3-4H2,1-2H3,(H,19,20)(H,21,22). The normalized spacial score (nSPS) is 10.3. The molecule has 0 spiro atoms. The zero-order valence-electron chi connectivity index (χ0n) is 13.0. The summed E-state index contributed by atoms with van der Waals surface area (Å²) < 4.78 is 5.60. The molecule has 2 N–H and O–H groups in total. The third-order valence-electron chi connectivity index (χ3n) is 3.59. The summed E-state index contributed by atoms with van der Waals surface area (Å²) in [6, 6.07) is 9.73. The van der Waals surface area contributed by atoms with Crippen LogP contribution >= 0.6 is 0 Å². The highest BCUT2D eigenvalue weighted by Gasteiger charge is 2.17. The van der Waals surface area contributed by atoms with Crippen molar-refractivity contribution in [3.05, 3.63) is 58.7 Å². The van der Waals surface area contributed by atoms with Crippen molar-refractivity contribution in [2.75, 3.05) is 0 Å². The number of rotatable bonds is 6. The van der Waals surface area contributed by atoms with Gasteiger partial charge in [-0.2, -0.15) is 0 Å². The first kappa shape index (κ1) is 16.5. The molecule has 0 fully saturated rings. The van der Waals surface area contributed by atoms with Crippen molar-refractivity contribution in [3.63, 3.8) is 0 Å². The van der Waals surface area contributed by atoms with Crippen LogP contribution in [-0.4, -0.2) is 22.2 Å². The Kier molecular flexibility index (Phi) is 5.01. The van der Waals surface area contributed by atoms with Gasteiger partial charge < -0.3 is 14.9 Å². The number of aromatic carboxylic acids is 2. The van der Waals surface area contributed by atoms with E-state index < -0.39 is 11.9 Å². The van der Waals surface area contributed by atoms with Gasteiger partial charge >= 0.3 is 11.9 Å². The van der Waals surface area contributed by atoms with Crippen LogP contribution in [0.4, 0.5) is 0 Å². The molecule has 23 heavy (non-hydrogen) atoms. The summed E-state index contributed by atoms with van der Waals surface area (Å²) in [5, 5.41) is 18.7. The number of carbonyl (C=O) groups is 2. The third-order valence-corrected chi connectivity index (χ3v) is 3.59. The van der Waals surface area contributed by atoms with E-state index in [2.05, 4.69) is 0 Å². The topological polar surface area (TPSA) is 83.8 Å². The van der Waals surface area contributed by atoms with E-state index >= 15 is 0 Å². The van der Waals surface area contributed by atoms with Crippen LogP contribution in [0.2, 0.25) is 0 Å². The lowest BCUT2D eigenvalue weighted by molar-refractivity contribution is 0.0687. The third kappa shape index (κ3) is 3.69. The summed E-state index contributed by atoms with van der Waals surface area (Å²) in [4.78, 5) is 22.8. The molecule has 0 aromatic heterocycles. The van der Waals surface area contributed by atoms with Crippen molar-refractivity contribution in [1.82, 2.24) is 0 Å². The van der Waals surface area contributed by atoms with Gasteiger partial charge in [0.05, 0.1) is 0 Å². The van der Waals surface area contributed by atoms with Crippen LogP contribution in [0.5, 0.6) is 11.5 Å². The number of aryl methyl sites for hydroxylation is 2. The molecule has 120 valence electrons. The zero-order valence-corrected chi connectivity index (χ0v) is 13.0. The lowest BCUT2D eigenvalue weighted by Gasteiger charge is -2.13. The average Bonchev–Trinajstić information content (AvgIpc) is 2.55. The fourth-order valence-electron chi connectivity index (χ4n) is 2.22. The number of benzene rings is 2. The highest BCUT2D eigenvalue weighted by atomic mass is 16.5. The van der Waals surface area contributed by atoms with Gasteiger partial charge in [0, 0.05) is 0 Å². The van der Waals surface area contributed by atoms with E-state index in [-0.39, 0.29) is 22.6 Å². The minimum Gasteiger partial charge on any atom is -0.478 e. The second-order valence-electron chi connectivity index (χ2n) is 5.08. The van der Waals surface area contributed by atoms with Gasteiger partial charge in [-0.05, 0) is 48.2 Å². The molecular formula is C18H18O5. The van der Waals surface area contributed by atoms with Crippen LogP contribution in [0.3, 0.4) is 0 Å². The van der Waals surface area contributed by atoms with Gasteiger partial charge in [0.15, 0.2) is 0 Å². The molecule has 0 aliphatic heterocycles. The Bertz CT molecular complexity index is 686. The predicted molar refractivity (Wildman–Crippen MR) is 85.6 cm³/mol. The molecule has 0 aliphatic carbocycles. The fourth-order valence-corrected chi connectivity index (χ4v) is 2.22. The highest BCUT2D eigenvalue weighted by molar-refractivity contribution is 5.93. The maximum absolute atomic E-state index is 11.4. The lowest BCUT2D eigenvalue weighted by atomic mass is 10.1. The molecule has 0 aliphatic rings. The average molecular weight is 314 g/mol. The van der Waals surface area contributed by atoms with Crippen molar-refractivity contribution in [1.29, 1.82) is 0 Å². The molecule has 0 amide bonds. The van der Waals surface area contributed by atoms with Crippen LogP contribution in [0.15, 0.2) is 36.4 Å². The van der Waals surface area contributed by atoms with Crippen molar-refractivity contribution >= 4 is 11.9 Å². The van der Waals surface area contributed by atoms with Crippen LogP contribution in [0.1, 0.15) is 45.7 Å². The quantitative estimate of drug-likeness (QED) is 0.842. The van der Waals surface area contributed by atoms with Gasteiger partial charge in [0.2, 0.25) is 0 Å². The first-order valence-corrected chi connectivity index (χ1v) is 7.36. The van der Waals surface area contributed by atoms with E-state index in [1.807, 2.05) is 13.8 Å². The van der Waals surface area contributed by atoms with Gasteiger partial charge in [-0.3, -0.25) is 0 Å². The first-order chi connectivity index (χ1) is 11.0. The van der Waals surface area contributed by atoms with Gasteiger partial charge in [0.25, 0.3) is 0 Å². The second-order valence-corrected chi connectivity index (χ2v) is 5.08. The van der Waals surface area contributed by atoms with Crippen molar-refractivity contribution in [2.24, 2.45) is 0 Å². The smallest absolute Gasteiger partial charge is 0.339 e. The minimum absolute atomic E-state index is 0.0141. The van der Waals surface area contributed by atoms with Crippen molar-refractivity contribution in [3.8, 4) is 11.5 Å². The van der Waals surface area contributed by atoms with E-state index in [4.69, 9.17) is 4.74 Å². The van der Waals surface area contributed by atoms with Gasteiger partial charge in [-0.25, -0.2) is 9.59 Å². The van der Waals surface area contributed by atoms with Gasteiger partial charge in [-0.1, -0.05) is 26.0 Å². The fraction of sp³-hybridized carbons (Fsp3) is 0.222. The highest BCUT2D eigenvalue weighted by Crippen LogP contribution is 2.30. The van der Waals surface area contributed by atoms with E-state index in [0.717, 1.165) is 11.1 Å². The van der Waals surface area contributed by atoms with Crippen LogP contribution < -0.4 is 4.74 Å². The summed E-state index contributed by atoms with van der Waals surface area (Å²) in [6.07, 6.45) is 1.40. The number of carboxylic acid groups (broad SMARTS) is 2. The predicted octanol–water partition coefficient (Wildman–Crippen LogP) is 4.00. The van der Waals surface area contributed by atoms with E-state index in [0.29, 0.717) is 12.8 Å². The lowest BCUT2D eigenvalue weighted by Crippen LogP contribution is -2.05.